The molecule has 0 amide bonds. The van der Waals surface area contributed by atoms with E-state index in [0.717, 1.165) is 0 Å². The molecule has 1 aromatic heterocycles. The lowest BCUT2D eigenvalue weighted by molar-refractivity contribution is -0.384. The molecule has 0 aromatic carbocycles. The van der Waals surface area contributed by atoms with Gasteiger partial charge in [0, 0.05) is 13.1 Å². The third-order valence-corrected chi connectivity index (χ3v) is 2.80. The van der Waals surface area contributed by atoms with Crippen LogP contribution in [0.3, 0.4) is 0 Å². The third kappa shape index (κ3) is 2.44. The highest BCUT2D eigenvalue weighted by atomic mass is 16.6. The van der Waals surface area contributed by atoms with E-state index in [4.69, 9.17) is 5.73 Å². The molecule has 1 atom stereocenters. The van der Waals surface area contributed by atoms with Crippen molar-refractivity contribution in [3.05, 3.63) is 22.2 Å². The summed E-state index contributed by atoms with van der Waals surface area (Å²) in [6, 6.07) is 2.59. The largest absolute Gasteiger partial charge is 0.388 e. The second kappa shape index (κ2) is 3.85. The Hall–Kier alpha value is -1.89. The molecule has 1 saturated heterocycles. The Labute approximate surface area is 98.0 Å². The van der Waals surface area contributed by atoms with Crippen LogP contribution in [0.5, 0.6) is 0 Å². The van der Waals surface area contributed by atoms with Crippen LogP contribution in [0.2, 0.25) is 0 Å². The Bertz CT molecular complexity index is 461. The number of aliphatic hydroxyl groups is 1. The number of aromatic nitrogens is 1. The molecule has 0 spiro atoms. The highest BCUT2D eigenvalue weighted by Gasteiger charge is 2.32. The Morgan fingerprint density at radius 3 is 2.88 bits per heavy atom. The van der Waals surface area contributed by atoms with Crippen molar-refractivity contribution in [2.24, 2.45) is 0 Å². The summed E-state index contributed by atoms with van der Waals surface area (Å²) < 4.78 is 0. The minimum absolute atomic E-state index is 0.0842. The summed E-state index contributed by atoms with van der Waals surface area (Å²) in [6.45, 7) is 2.74. The first-order chi connectivity index (χ1) is 7.87. The average molecular weight is 238 g/mol. The van der Waals surface area contributed by atoms with Crippen LogP contribution in [-0.2, 0) is 0 Å². The van der Waals surface area contributed by atoms with Gasteiger partial charge in [0.15, 0.2) is 0 Å². The number of nitrogen functional groups attached to an aromatic ring is 1. The van der Waals surface area contributed by atoms with Gasteiger partial charge in [0.25, 0.3) is 5.69 Å². The van der Waals surface area contributed by atoms with E-state index in [-0.39, 0.29) is 11.5 Å². The van der Waals surface area contributed by atoms with Crippen LogP contribution < -0.4 is 10.6 Å². The summed E-state index contributed by atoms with van der Waals surface area (Å²) in [5.74, 6) is 0.551. The molecule has 1 aromatic rings. The normalized spacial score (nSPS) is 24.0. The monoisotopic (exact) mass is 238 g/mol. The average Bonchev–Trinajstić information content (AvgIpc) is 2.58. The zero-order valence-electron chi connectivity index (χ0n) is 9.46. The van der Waals surface area contributed by atoms with E-state index in [1.54, 1.807) is 11.8 Å². The number of β-amino-alcohol motifs (C(OH)–C–C–N with tert-alkyl or cyclic N) is 1. The maximum absolute atomic E-state index is 10.7. The first kappa shape index (κ1) is 11.6. The topological polar surface area (TPSA) is 106 Å². The Balaban J connectivity index is 2.30. The molecule has 7 heteroatoms. The molecule has 2 heterocycles. The van der Waals surface area contributed by atoms with E-state index >= 15 is 0 Å². The molecule has 0 bridgehead atoms. The van der Waals surface area contributed by atoms with Gasteiger partial charge in [-0.15, -0.1) is 0 Å². The number of anilines is 2. The van der Waals surface area contributed by atoms with Crippen LogP contribution in [-0.4, -0.2) is 33.7 Å². The summed E-state index contributed by atoms with van der Waals surface area (Å²) >= 11 is 0. The van der Waals surface area contributed by atoms with Crippen molar-refractivity contribution < 1.29 is 10.0 Å². The molecule has 0 saturated carbocycles. The van der Waals surface area contributed by atoms with E-state index in [0.29, 0.717) is 25.3 Å². The summed E-state index contributed by atoms with van der Waals surface area (Å²) in [5, 5.41) is 20.5. The molecule has 1 aliphatic heterocycles. The quantitative estimate of drug-likeness (QED) is 0.575. The van der Waals surface area contributed by atoms with Gasteiger partial charge in [0.2, 0.25) is 0 Å². The van der Waals surface area contributed by atoms with Crippen LogP contribution in [0.15, 0.2) is 12.1 Å². The summed E-state index contributed by atoms with van der Waals surface area (Å²) in [6.07, 6.45) is 0.608. The lowest BCUT2D eigenvalue weighted by atomic mass is 10.1. The molecule has 3 N–H and O–H groups in total. The summed E-state index contributed by atoms with van der Waals surface area (Å²) in [5.41, 5.74) is 4.67. The molecule has 7 nitrogen and oxygen atoms in total. The maximum Gasteiger partial charge on any atom is 0.276 e. The third-order valence-electron chi connectivity index (χ3n) is 2.80. The number of nitrogens with two attached hydrogens (primary N) is 1. The lowest BCUT2D eigenvalue weighted by Gasteiger charge is -2.19. The standard InChI is InChI=1S/C10H14N4O3/c1-10(15)2-3-13(6-10)9-5-7(14(16)17)4-8(11)12-9/h4-5,15H,2-3,6H2,1H3,(H2,11,12). The molecule has 17 heavy (non-hydrogen) atoms. The first-order valence-electron chi connectivity index (χ1n) is 5.27. The maximum atomic E-state index is 10.7. The molecule has 0 aliphatic carbocycles. The number of nitrogens with zero attached hydrogens (tertiary/aromatic N) is 3. The fourth-order valence-corrected chi connectivity index (χ4v) is 1.93. The Kier molecular flexibility index (Phi) is 2.62. The predicted octanol–water partition coefficient (Wildman–Crippen LogP) is 0.533. The lowest BCUT2D eigenvalue weighted by Crippen LogP contribution is -2.30. The van der Waals surface area contributed by atoms with E-state index in [1.165, 1.54) is 12.1 Å². The van der Waals surface area contributed by atoms with Crippen LogP contribution in [0, 0.1) is 10.1 Å². The van der Waals surface area contributed by atoms with Crippen molar-refractivity contribution in [1.29, 1.82) is 0 Å². The zero-order valence-corrected chi connectivity index (χ0v) is 9.46. The number of pyridine rings is 1. The second-order valence-electron chi connectivity index (χ2n) is 4.53. The number of nitro groups is 1. The fraction of sp³-hybridized carbons (Fsp3) is 0.500. The Morgan fingerprint density at radius 1 is 1.65 bits per heavy atom. The summed E-state index contributed by atoms with van der Waals surface area (Å²) in [4.78, 5) is 16.0. The van der Waals surface area contributed by atoms with Crippen LogP contribution in [0.25, 0.3) is 0 Å². The number of hydrogen-bond acceptors (Lipinski definition) is 6. The van der Waals surface area contributed by atoms with E-state index in [1.807, 2.05) is 0 Å². The molecule has 1 unspecified atom stereocenters. The number of hydrogen-bond donors (Lipinski definition) is 2. The molecular formula is C10H14N4O3. The van der Waals surface area contributed by atoms with Gasteiger partial charge in [0.05, 0.1) is 22.7 Å². The Morgan fingerprint density at radius 2 is 2.35 bits per heavy atom. The van der Waals surface area contributed by atoms with Crippen molar-refractivity contribution >= 4 is 17.3 Å². The SMILES string of the molecule is CC1(O)CCN(c2cc([N+](=O)[O-])cc(N)n2)C1. The molecular weight excluding hydrogens is 224 g/mol. The van der Waals surface area contributed by atoms with Gasteiger partial charge >= 0.3 is 0 Å². The summed E-state index contributed by atoms with van der Waals surface area (Å²) in [7, 11) is 0. The zero-order chi connectivity index (χ0) is 12.6. The van der Waals surface area contributed by atoms with E-state index in [2.05, 4.69) is 4.98 Å². The first-order valence-corrected chi connectivity index (χ1v) is 5.27. The van der Waals surface area contributed by atoms with Crippen molar-refractivity contribution in [3.8, 4) is 0 Å². The molecule has 1 aliphatic rings. The molecule has 2 rings (SSSR count). The second-order valence-corrected chi connectivity index (χ2v) is 4.53. The van der Waals surface area contributed by atoms with Gasteiger partial charge in [-0.3, -0.25) is 10.1 Å². The van der Waals surface area contributed by atoms with Crippen LogP contribution in [0.4, 0.5) is 17.3 Å². The van der Waals surface area contributed by atoms with Gasteiger partial charge in [-0.05, 0) is 13.3 Å². The van der Waals surface area contributed by atoms with Gasteiger partial charge in [-0.1, -0.05) is 0 Å². The fourth-order valence-electron chi connectivity index (χ4n) is 1.93. The molecule has 92 valence electrons. The van der Waals surface area contributed by atoms with Crippen molar-refractivity contribution in [3.63, 3.8) is 0 Å². The van der Waals surface area contributed by atoms with E-state index in [9.17, 15) is 15.2 Å². The van der Waals surface area contributed by atoms with Crippen molar-refractivity contribution in [2.75, 3.05) is 23.7 Å². The van der Waals surface area contributed by atoms with Gasteiger partial charge in [-0.25, -0.2) is 4.98 Å². The van der Waals surface area contributed by atoms with Gasteiger partial charge in [0.1, 0.15) is 11.6 Å². The van der Waals surface area contributed by atoms with Gasteiger partial charge in [-0.2, -0.15) is 0 Å². The smallest absolute Gasteiger partial charge is 0.276 e. The van der Waals surface area contributed by atoms with Crippen molar-refractivity contribution in [2.45, 2.75) is 18.9 Å². The minimum Gasteiger partial charge on any atom is -0.388 e. The van der Waals surface area contributed by atoms with Gasteiger partial charge < -0.3 is 15.7 Å². The predicted molar refractivity (Wildman–Crippen MR) is 62.8 cm³/mol. The highest BCUT2D eigenvalue weighted by Crippen LogP contribution is 2.28. The van der Waals surface area contributed by atoms with Crippen LogP contribution in [0.1, 0.15) is 13.3 Å². The number of rotatable bonds is 2. The minimum atomic E-state index is -0.777. The van der Waals surface area contributed by atoms with Crippen molar-refractivity contribution in [1.82, 2.24) is 4.98 Å². The highest BCUT2D eigenvalue weighted by molar-refractivity contribution is 5.54. The van der Waals surface area contributed by atoms with Crippen LogP contribution >= 0.6 is 0 Å². The molecule has 0 radical (unpaired) electrons. The van der Waals surface area contributed by atoms with E-state index < -0.39 is 10.5 Å². The molecule has 1 fully saturated rings.